The standard InChI is InChI=1S/C29H32O17/c1-9-20(35)27(43-10(2)30)25(40)28(42-9)41-8-19-22(37)23(38)24(39)29(46-19)45-18-7-13-14(32)5-12(31)6-17(13)44-26(18)11-3-15(33)21(36)16(34)4-11/h3-7,9,19-20,22-25,27-29,35,37-40H,8H2,1-2H3,(H4-,31,32,33,34,36)/p+1/t9-,19+,20-,22+,23-,24+,25-,27+,28+,29+/m0/s1. The number of fused-ring (bicyclic) bond motifs is 1. The summed E-state index contributed by atoms with van der Waals surface area (Å²) < 4.78 is 33.4. The van der Waals surface area contributed by atoms with E-state index in [-0.39, 0.29) is 33.8 Å². The van der Waals surface area contributed by atoms with Crippen LogP contribution in [0.25, 0.3) is 22.3 Å². The Kier molecular flexibility index (Phi) is 9.30. The number of phenolic OH excluding ortho intramolecular Hbond substituents is 5. The minimum atomic E-state index is -1.90. The maximum atomic E-state index is 11.5. The van der Waals surface area contributed by atoms with Crippen molar-refractivity contribution in [3.63, 3.8) is 0 Å². The van der Waals surface area contributed by atoms with Crippen molar-refractivity contribution in [2.75, 3.05) is 6.61 Å². The number of rotatable bonds is 7. The number of carbonyl (C=O) groups excluding carboxylic acids is 1. The number of carbonyl (C=O) groups is 1. The van der Waals surface area contributed by atoms with Gasteiger partial charge in [0.1, 0.15) is 53.5 Å². The molecule has 46 heavy (non-hydrogen) atoms. The van der Waals surface area contributed by atoms with Crippen molar-refractivity contribution in [3.8, 4) is 45.8 Å². The molecule has 17 heteroatoms. The first-order chi connectivity index (χ1) is 21.7. The van der Waals surface area contributed by atoms with Crippen LogP contribution >= 0.6 is 0 Å². The molecule has 2 saturated heterocycles. The van der Waals surface area contributed by atoms with E-state index in [9.17, 15) is 55.9 Å². The first-order valence-corrected chi connectivity index (χ1v) is 13.9. The average molecular weight is 654 g/mol. The molecule has 0 spiro atoms. The van der Waals surface area contributed by atoms with E-state index in [1.165, 1.54) is 13.0 Å². The second kappa shape index (κ2) is 12.9. The summed E-state index contributed by atoms with van der Waals surface area (Å²) in [5.41, 5.74) is -0.170. The Labute approximate surface area is 259 Å². The number of ether oxygens (including phenoxy) is 5. The fraction of sp³-hybridized carbons (Fsp3) is 0.448. The molecule has 5 rings (SSSR count). The molecule has 0 amide bonds. The van der Waals surface area contributed by atoms with Crippen molar-refractivity contribution in [3.05, 3.63) is 30.3 Å². The van der Waals surface area contributed by atoms with E-state index in [0.29, 0.717) is 0 Å². The van der Waals surface area contributed by atoms with E-state index >= 15 is 0 Å². The highest BCUT2D eigenvalue weighted by Crippen LogP contribution is 2.45. The molecule has 0 radical (unpaired) electrons. The molecule has 17 nitrogen and oxygen atoms in total. The van der Waals surface area contributed by atoms with Crippen LogP contribution in [0.3, 0.4) is 0 Å². The summed E-state index contributed by atoms with van der Waals surface area (Å²) in [6.45, 7) is 1.94. The Morgan fingerprint density at radius 1 is 0.804 bits per heavy atom. The van der Waals surface area contributed by atoms with Gasteiger partial charge in [0.05, 0.1) is 24.3 Å². The number of hydrogen-bond acceptors (Lipinski definition) is 16. The van der Waals surface area contributed by atoms with Gasteiger partial charge in [-0.25, -0.2) is 4.42 Å². The van der Waals surface area contributed by atoms with Crippen molar-refractivity contribution in [1.82, 2.24) is 0 Å². The lowest BCUT2D eigenvalue weighted by atomic mass is 9.98. The fourth-order valence-corrected chi connectivity index (χ4v) is 5.14. The Balaban J connectivity index is 1.43. The van der Waals surface area contributed by atoms with E-state index in [1.54, 1.807) is 0 Å². The summed E-state index contributed by atoms with van der Waals surface area (Å²) >= 11 is 0. The minimum Gasteiger partial charge on any atom is -0.507 e. The summed E-state index contributed by atoms with van der Waals surface area (Å²) in [7, 11) is 0. The van der Waals surface area contributed by atoms with Crippen molar-refractivity contribution in [2.24, 2.45) is 0 Å². The van der Waals surface area contributed by atoms with Gasteiger partial charge in [0, 0.05) is 31.2 Å². The maximum Gasteiger partial charge on any atom is 0.402 e. The topological polar surface area (TPSA) is 277 Å². The van der Waals surface area contributed by atoms with Crippen LogP contribution < -0.4 is 4.74 Å². The lowest BCUT2D eigenvalue weighted by Crippen LogP contribution is -2.62. The zero-order valence-corrected chi connectivity index (χ0v) is 24.2. The number of esters is 1. The second-order valence-electron chi connectivity index (χ2n) is 10.9. The number of benzene rings is 2. The molecular formula is C29H33O17+. The van der Waals surface area contributed by atoms with Crippen LogP contribution in [0.5, 0.6) is 34.5 Å². The zero-order valence-electron chi connectivity index (χ0n) is 24.2. The molecule has 2 fully saturated rings. The molecule has 0 aliphatic carbocycles. The molecule has 1 aromatic heterocycles. The van der Waals surface area contributed by atoms with Crippen LogP contribution in [0.2, 0.25) is 0 Å². The normalized spacial score (nSPS) is 31.5. The van der Waals surface area contributed by atoms with Crippen molar-refractivity contribution < 1.29 is 84.0 Å². The van der Waals surface area contributed by atoms with Gasteiger partial charge in [-0.3, -0.25) is 4.79 Å². The van der Waals surface area contributed by atoms with Gasteiger partial charge in [-0.1, -0.05) is 0 Å². The van der Waals surface area contributed by atoms with Crippen LogP contribution in [0.15, 0.2) is 34.7 Å². The number of aliphatic hydroxyl groups excluding tert-OH is 5. The van der Waals surface area contributed by atoms with Gasteiger partial charge < -0.3 is 74.7 Å². The lowest BCUT2D eigenvalue weighted by Gasteiger charge is -2.43. The number of hydrogen-bond donors (Lipinski definition) is 10. The van der Waals surface area contributed by atoms with Crippen molar-refractivity contribution in [2.45, 2.75) is 75.3 Å². The largest absolute Gasteiger partial charge is 0.507 e. The highest BCUT2D eigenvalue weighted by molar-refractivity contribution is 5.88. The summed E-state index contributed by atoms with van der Waals surface area (Å²) in [5.74, 6) is -4.49. The minimum absolute atomic E-state index is 0.00313. The number of phenols is 5. The van der Waals surface area contributed by atoms with Crippen LogP contribution in [0, 0.1) is 0 Å². The Morgan fingerprint density at radius 3 is 2.13 bits per heavy atom. The highest BCUT2D eigenvalue weighted by atomic mass is 16.7. The quantitative estimate of drug-likeness (QED) is 0.0875. The second-order valence-corrected chi connectivity index (χ2v) is 10.9. The molecule has 0 unspecified atom stereocenters. The smallest absolute Gasteiger partial charge is 0.402 e. The molecule has 0 bridgehead atoms. The first kappa shape index (κ1) is 33.2. The number of aliphatic hydroxyl groups is 5. The van der Waals surface area contributed by atoms with Gasteiger partial charge in [0.15, 0.2) is 29.6 Å². The fourth-order valence-electron chi connectivity index (χ4n) is 5.14. The van der Waals surface area contributed by atoms with Crippen LogP contribution in [-0.2, 0) is 23.7 Å². The van der Waals surface area contributed by atoms with Gasteiger partial charge in [0.25, 0.3) is 0 Å². The molecule has 2 aromatic carbocycles. The van der Waals surface area contributed by atoms with E-state index in [1.807, 2.05) is 0 Å². The first-order valence-electron chi connectivity index (χ1n) is 13.9. The number of aromatic hydroxyl groups is 5. The van der Waals surface area contributed by atoms with Crippen molar-refractivity contribution in [1.29, 1.82) is 0 Å². The Bertz CT molecular complexity index is 1570. The summed E-state index contributed by atoms with van der Waals surface area (Å²) in [5, 5.41) is 103. The Hall–Kier alpha value is -4.20. The van der Waals surface area contributed by atoms with Gasteiger partial charge in [-0.05, 0) is 6.92 Å². The molecule has 2 aliphatic heterocycles. The van der Waals surface area contributed by atoms with Gasteiger partial charge in [0.2, 0.25) is 12.0 Å². The third-order valence-corrected chi connectivity index (χ3v) is 7.57. The molecule has 10 atom stereocenters. The predicted octanol–water partition coefficient (Wildman–Crippen LogP) is -0.490. The highest BCUT2D eigenvalue weighted by Gasteiger charge is 2.49. The van der Waals surface area contributed by atoms with E-state index in [0.717, 1.165) is 31.2 Å². The third kappa shape index (κ3) is 6.39. The van der Waals surface area contributed by atoms with Gasteiger partial charge >= 0.3 is 17.3 Å². The average Bonchev–Trinajstić information content (AvgIpc) is 2.99. The Morgan fingerprint density at radius 2 is 1.48 bits per heavy atom. The van der Waals surface area contributed by atoms with E-state index in [2.05, 4.69) is 0 Å². The molecule has 3 aromatic rings. The monoisotopic (exact) mass is 653 g/mol. The van der Waals surface area contributed by atoms with Crippen LogP contribution in [0.1, 0.15) is 13.8 Å². The van der Waals surface area contributed by atoms with Crippen LogP contribution in [-0.4, -0.2) is 125 Å². The van der Waals surface area contributed by atoms with Gasteiger partial charge in [-0.15, -0.1) is 0 Å². The molecule has 250 valence electrons. The lowest BCUT2D eigenvalue weighted by molar-refractivity contribution is -0.319. The third-order valence-electron chi connectivity index (χ3n) is 7.57. The predicted molar refractivity (Wildman–Crippen MR) is 150 cm³/mol. The molecule has 0 saturated carbocycles. The molecule has 2 aliphatic rings. The van der Waals surface area contributed by atoms with Gasteiger partial charge in [-0.2, -0.15) is 0 Å². The summed E-state index contributed by atoms with van der Waals surface area (Å²) in [4.78, 5) is 11.5. The zero-order chi connectivity index (χ0) is 33.6. The SMILES string of the molecule is CC(=O)O[C@H]1[C@H](O)[C@H](OC[C@H]2O[C@@H](Oc3cc4c(O)cc(O)cc4[o+]c3-c3cc(O)c(O)c(O)c3)[C@H](O)[C@@H](O)[C@@H]2O)O[C@@H](C)[C@@H]1O. The summed E-state index contributed by atoms with van der Waals surface area (Å²) in [6, 6.07) is 5.36. The van der Waals surface area contributed by atoms with E-state index < -0.39 is 97.0 Å². The van der Waals surface area contributed by atoms with Crippen molar-refractivity contribution >= 4 is 16.9 Å². The maximum absolute atomic E-state index is 11.5. The molecular weight excluding hydrogens is 620 g/mol. The summed E-state index contributed by atoms with van der Waals surface area (Å²) in [6.07, 6.45) is -15.6. The van der Waals surface area contributed by atoms with Crippen LogP contribution in [0.4, 0.5) is 0 Å². The van der Waals surface area contributed by atoms with E-state index in [4.69, 9.17) is 28.1 Å². The molecule has 10 N–H and O–H groups in total. The molecule has 3 heterocycles.